The number of nitrogens with one attached hydrogen (secondary N) is 1. The summed E-state index contributed by atoms with van der Waals surface area (Å²) in [5.41, 5.74) is 8.00. The zero-order chi connectivity index (χ0) is 10.2. The standard InChI is InChI=1S/C5H14N4O3Si/c1-10-13(11-2,12-3)5-7-4-8-9-6/h7H,4-5H2,1-3H3. The van der Waals surface area contributed by atoms with Crippen LogP contribution in [0.3, 0.4) is 0 Å². The van der Waals surface area contributed by atoms with Crippen LogP contribution in [0.2, 0.25) is 0 Å². The van der Waals surface area contributed by atoms with Crippen molar-refractivity contribution in [1.82, 2.24) is 5.32 Å². The predicted molar refractivity (Wildman–Crippen MR) is 48.8 cm³/mol. The van der Waals surface area contributed by atoms with Crippen LogP contribution in [0.25, 0.3) is 10.4 Å². The van der Waals surface area contributed by atoms with Gasteiger partial charge < -0.3 is 18.6 Å². The van der Waals surface area contributed by atoms with Crippen molar-refractivity contribution in [1.29, 1.82) is 0 Å². The molecule has 0 saturated carbocycles. The molecule has 13 heavy (non-hydrogen) atoms. The van der Waals surface area contributed by atoms with E-state index in [1.165, 1.54) is 21.3 Å². The average Bonchev–Trinajstić information content (AvgIpc) is 2.20. The zero-order valence-electron chi connectivity index (χ0n) is 7.98. The lowest BCUT2D eigenvalue weighted by atomic mass is 11.1. The molecule has 0 spiro atoms. The van der Waals surface area contributed by atoms with Crippen LogP contribution in [0.4, 0.5) is 0 Å². The monoisotopic (exact) mass is 206 g/mol. The van der Waals surface area contributed by atoms with E-state index in [0.717, 1.165) is 0 Å². The molecule has 0 fully saturated rings. The molecule has 0 aliphatic carbocycles. The van der Waals surface area contributed by atoms with Gasteiger partial charge in [-0.1, -0.05) is 5.11 Å². The number of nitrogens with zero attached hydrogens (tertiary/aromatic N) is 3. The van der Waals surface area contributed by atoms with Crippen LogP contribution < -0.4 is 5.32 Å². The van der Waals surface area contributed by atoms with Gasteiger partial charge in [-0.25, -0.2) is 0 Å². The Hall–Kier alpha value is -0.633. The minimum atomic E-state index is -2.56. The molecule has 0 heterocycles. The van der Waals surface area contributed by atoms with E-state index in [1.54, 1.807) is 0 Å². The van der Waals surface area contributed by atoms with E-state index in [2.05, 4.69) is 15.3 Å². The SMILES string of the molecule is CO[Si](CNCN=[N+]=[N-])(OC)OC. The van der Waals surface area contributed by atoms with Gasteiger partial charge in [-0.3, -0.25) is 0 Å². The minimum Gasteiger partial charge on any atom is -0.376 e. The Morgan fingerprint density at radius 1 is 1.31 bits per heavy atom. The van der Waals surface area contributed by atoms with Gasteiger partial charge in [0.25, 0.3) is 0 Å². The molecule has 1 N–H and O–H groups in total. The molecule has 0 saturated heterocycles. The lowest BCUT2D eigenvalue weighted by Gasteiger charge is -2.24. The molecule has 0 aromatic heterocycles. The fourth-order valence-corrected chi connectivity index (χ4v) is 2.11. The van der Waals surface area contributed by atoms with E-state index in [0.29, 0.717) is 6.17 Å². The summed E-state index contributed by atoms with van der Waals surface area (Å²) in [4.78, 5) is 2.59. The van der Waals surface area contributed by atoms with Gasteiger partial charge >= 0.3 is 8.80 Å². The fraction of sp³-hybridized carbons (Fsp3) is 1.00. The van der Waals surface area contributed by atoms with Gasteiger partial charge in [0, 0.05) is 26.2 Å². The van der Waals surface area contributed by atoms with Gasteiger partial charge in [0.15, 0.2) is 0 Å². The van der Waals surface area contributed by atoms with Crippen molar-refractivity contribution in [2.45, 2.75) is 0 Å². The summed E-state index contributed by atoms with van der Waals surface area (Å²) in [6.45, 7) is 0.196. The van der Waals surface area contributed by atoms with Crippen molar-refractivity contribution in [3.05, 3.63) is 10.4 Å². The average molecular weight is 206 g/mol. The van der Waals surface area contributed by atoms with Crippen LogP contribution in [0, 0.1) is 0 Å². The van der Waals surface area contributed by atoms with Crippen molar-refractivity contribution in [3.8, 4) is 0 Å². The van der Waals surface area contributed by atoms with Crippen molar-refractivity contribution < 1.29 is 13.3 Å². The molecule has 0 aliphatic rings. The van der Waals surface area contributed by atoms with Crippen molar-refractivity contribution in [2.24, 2.45) is 5.11 Å². The molecule has 0 aliphatic heterocycles. The van der Waals surface area contributed by atoms with Crippen LogP contribution in [-0.4, -0.2) is 43.0 Å². The van der Waals surface area contributed by atoms with Crippen molar-refractivity contribution >= 4 is 8.80 Å². The largest absolute Gasteiger partial charge is 0.514 e. The van der Waals surface area contributed by atoms with E-state index in [1.807, 2.05) is 0 Å². The van der Waals surface area contributed by atoms with Gasteiger partial charge in [0.1, 0.15) is 0 Å². The van der Waals surface area contributed by atoms with Crippen molar-refractivity contribution in [2.75, 3.05) is 34.2 Å². The van der Waals surface area contributed by atoms with Gasteiger partial charge in [-0.15, -0.1) is 0 Å². The maximum absolute atomic E-state index is 8.00. The molecule has 0 radical (unpaired) electrons. The molecule has 76 valence electrons. The van der Waals surface area contributed by atoms with E-state index >= 15 is 0 Å². The minimum absolute atomic E-state index is 0.196. The second-order valence-corrected chi connectivity index (χ2v) is 5.06. The van der Waals surface area contributed by atoms with E-state index in [4.69, 9.17) is 18.8 Å². The van der Waals surface area contributed by atoms with Gasteiger partial charge in [0.2, 0.25) is 0 Å². The maximum atomic E-state index is 8.00. The summed E-state index contributed by atoms with van der Waals surface area (Å²) < 4.78 is 15.3. The summed E-state index contributed by atoms with van der Waals surface area (Å²) in [6.07, 6.45) is 0.412. The Morgan fingerprint density at radius 3 is 2.23 bits per heavy atom. The molecule has 0 aromatic rings. The number of hydrogen-bond donors (Lipinski definition) is 1. The summed E-state index contributed by atoms with van der Waals surface area (Å²) in [6, 6.07) is 0. The lowest BCUT2D eigenvalue weighted by Crippen LogP contribution is -2.52. The zero-order valence-corrected chi connectivity index (χ0v) is 8.98. The van der Waals surface area contributed by atoms with Crippen molar-refractivity contribution in [3.63, 3.8) is 0 Å². The fourth-order valence-electron chi connectivity index (χ4n) is 0.757. The molecule has 0 aromatic carbocycles. The summed E-state index contributed by atoms with van der Waals surface area (Å²) >= 11 is 0. The molecule has 0 rings (SSSR count). The first-order chi connectivity index (χ1) is 6.24. The second-order valence-electron chi connectivity index (χ2n) is 2.11. The first kappa shape index (κ1) is 12.4. The summed E-state index contributed by atoms with van der Waals surface area (Å²) in [5, 5.41) is 6.15. The van der Waals surface area contributed by atoms with E-state index < -0.39 is 8.80 Å². The highest BCUT2D eigenvalue weighted by atomic mass is 28.4. The first-order valence-corrected chi connectivity index (χ1v) is 5.55. The summed E-state index contributed by atoms with van der Waals surface area (Å²) in [7, 11) is 2.01. The molecular formula is C5H14N4O3Si. The third kappa shape index (κ3) is 4.22. The Morgan fingerprint density at radius 2 is 1.85 bits per heavy atom. The third-order valence-corrected chi connectivity index (χ3v) is 4.07. The van der Waals surface area contributed by atoms with E-state index in [9.17, 15) is 0 Å². The second kappa shape index (κ2) is 6.84. The Kier molecular flexibility index (Phi) is 6.50. The summed E-state index contributed by atoms with van der Waals surface area (Å²) in [5.74, 6) is 0. The highest BCUT2D eigenvalue weighted by Gasteiger charge is 2.37. The van der Waals surface area contributed by atoms with Gasteiger partial charge in [0.05, 0.1) is 12.8 Å². The Labute approximate surface area is 78.0 Å². The van der Waals surface area contributed by atoms with Crippen LogP contribution in [0.5, 0.6) is 0 Å². The first-order valence-electron chi connectivity index (χ1n) is 3.61. The van der Waals surface area contributed by atoms with Crippen LogP contribution in [0.1, 0.15) is 0 Å². The molecule has 0 unspecified atom stereocenters. The quantitative estimate of drug-likeness (QED) is 0.213. The highest BCUT2D eigenvalue weighted by Crippen LogP contribution is 2.03. The Bertz CT molecular complexity index is 172. The lowest BCUT2D eigenvalue weighted by molar-refractivity contribution is 0.122. The topological polar surface area (TPSA) is 88.5 Å². The highest BCUT2D eigenvalue weighted by molar-refractivity contribution is 6.60. The number of azide groups is 1. The van der Waals surface area contributed by atoms with Crippen LogP contribution in [-0.2, 0) is 13.3 Å². The molecule has 0 bridgehead atoms. The smallest absolute Gasteiger partial charge is 0.376 e. The number of hydrogen-bond acceptors (Lipinski definition) is 5. The molecular weight excluding hydrogens is 192 g/mol. The van der Waals surface area contributed by atoms with Crippen LogP contribution in [0.15, 0.2) is 5.11 Å². The molecule has 0 amide bonds. The maximum Gasteiger partial charge on any atom is 0.514 e. The Balaban J connectivity index is 3.87. The molecule has 0 atom stereocenters. The predicted octanol–water partition coefficient (Wildman–Crippen LogP) is 0.261. The van der Waals surface area contributed by atoms with Crippen LogP contribution >= 0.6 is 0 Å². The third-order valence-electron chi connectivity index (χ3n) is 1.52. The normalized spacial score (nSPS) is 11.0. The number of rotatable bonds is 7. The van der Waals surface area contributed by atoms with Gasteiger partial charge in [-0.2, -0.15) is 0 Å². The van der Waals surface area contributed by atoms with E-state index in [-0.39, 0.29) is 6.67 Å². The van der Waals surface area contributed by atoms with Gasteiger partial charge in [-0.05, 0) is 5.53 Å². The molecule has 7 nitrogen and oxygen atoms in total. The molecule has 8 heteroatoms.